The molecule has 1 saturated heterocycles. The number of aliphatic hydroxyl groups is 1. The van der Waals surface area contributed by atoms with Gasteiger partial charge in [0.05, 0.1) is 6.10 Å². The molecule has 0 aromatic rings. The fourth-order valence-electron chi connectivity index (χ4n) is 2.43. The number of carbonyl (C=O) groups is 1. The van der Waals surface area contributed by atoms with Gasteiger partial charge in [0.25, 0.3) is 0 Å². The molecule has 0 unspecified atom stereocenters. The number of nitrogens with one attached hydrogen (secondary N) is 1. The van der Waals surface area contributed by atoms with Gasteiger partial charge in [-0.15, -0.1) is 0 Å². The van der Waals surface area contributed by atoms with E-state index in [0.717, 1.165) is 32.4 Å². The van der Waals surface area contributed by atoms with Gasteiger partial charge in [-0.25, -0.2) is 4.79 Å². The predicted octanol–water partition coefficient (Wildman–Crippen LogP) is 2.37. The summed E-state index contributed by atoms with van der Waals surface area (Å²) >= 11 is 0. The Morgan fingerprint density at radius 3 is 2.89 bits per heavy atom. The molecule has 1 heterocycles. The summed E-state index contributed by atoms with van der Waals surface area (Å²) in [5, 5.41) is 12.6. The minimum absolute atomic E-state index is 0.0105. The third-order valence-electron chi connectivity index (χ3n) is 3.77. The van der Waals surface area contributed by atoms with E-state index >= 15 is 0 Å². The van der Waals surface area contributed by atoms with Gasteiger partial charge in [-0.3, -0.25) is 0 Å². The molecule has 106 valence electrons. The van der Waals surface area contributed by atoms with E-state index in [1.54, 1.807) is 4.90 Å². The quantitative estimate of drug-likeness (QED) is 0.766. The Morgan fingerprint density at radius 1 is 1.50 bits per heavy atom. The van der Waals surface area contributed by atoms with Crippen LogP contribution in [0.25, 0.3) is 0 Å². The minimum atomic E-state index is -0.341. The fourth-order valence-corrected chi connectivity index (χ4v) is 2.43. The molecule has 0 bridgehead atoms. The van der Waals surface area contributed by atoms with Crippen LogP contribution < -0.4 is 5.32 Å². The van der Waals surface area contributed by atoms with E-state index in [4.69, 9.17) is 0 Å². The van der Waals surface area contributed by atoms with Crippen molar-refractivity contribution < 1.29 is 9.90 Å². The largest absolute Gasteiger partial charge is 0.391 e. The maximum Gasteiger partial charge on any atom is 0.317 e. The molecule has 2 atom stereocenters. The van der Waals surface area contributed by atoms with Crippen molar-refractivity contribution in [3.05, 3.63) is 0 Å². The lowest BCUT2D eigenvalue weighted by atomic mass is 9.99. The van der Waals surface area contributed by atoms with Gasteiger partial charge in [-0.1, -0.05) is 33.1 Å². The Labute approximate surface area is 111 Å². The highest BCUT2D eigenvalue weighted by Gasteiger charge is 2.22. The summed E-state index contributed by atoms with van der Waals surface area (Å²) < 4.78 is 0. The lowest BCUT2D eigenvalue weighted by molar-refractivity contribution is 0.0839. The first-order chi connectivity index (χ1) is 8.67. The van der Waals surface area contributed by atoms with Gasteiger partial charge in [-0.2, -0.15) is 0 Å². The number of β-amino-alcohol motifs (C(OH)–C–C–N with tert-alkyl or cyclic N) is 1. The summed E-state index contributed by atoms with van der Waals surface area (Å²) in [7, 11) is 0. The number of carbonyl (C=O) groups excluding carboxylic acids is 1. The molecular formula is C14H28N2O2. The van der Waals surface area contributed by atoms with Crippen molar-refractivity contribution in [2.75, 3.05) is 19.6 Å². The summed E-state index contributed by atoms with van der Waals surface area (Å²) in [6.45, 7) is 6.39. The summed E-state index contributed by atoms with van der Waals surface area (Å²) in [5.74, 6) is 0.587. The number of unbranched alkanes of at least 4 members (excludes halogenated alkanes) is 1. The molecule has 0 radical (unpaired) electrons. The normalized spacial score (nSPS) is 21.7. The molecule has 0 spiro atoms. The number of nitrogens with zero attached hydrogens (tertiary/aromatic N) is 1. The second kappa shape index (κ2) is 8.35. The van der Waals surface area contributed by atoms with E-state index < -0.39 is 0 Å². The Kier molecular flexibility index (Phi) is 7.09. The van der Waals surface area contributed by atoms with E-state index in [1.807, 2.05) is 0 Å². The van der Waals surface area contributed by atoms with Gasteiger partial charge < -0.3 is 15.3 Å². The molecule has 0 aliphatic carbocycles. The first kappa shape index (κ1) is 15.3. The van der Waals surface area contributed by atoms with Crippen LogP contribution in [0.3, 0.4) is 0 Å². The smallest absolute Gasteiger partial charge is 0.317 e. The van der Waals surface area contributed by atoms with Gasteiger partial charge in [-0.05, 0) is 25.2 Å². The summed E-state index contributed by atoms with van der Waals surface area (Å²) in [6, 6.07) is -0.0105. The highest BCUT2D eigenvalue weighted by molar-refractivity contribution is 5.74. The molecule has 2 amide bonds. The molecule has 0 aromatic heterocycles. The molecular weight excluding hydrogens is 228 g/mol. The zero-order valence-corrected chi connectivity index (χ0v) is 11.8. The number of hydrogen-bond acceptors (Lipinski definition) is 2. The average Bonchev–Trinajstić information content (AvgIpc) is 2.38. The van der Waals surface area contributed by atoms with Gasteiger partial charge in [0, 0.05) is 19.6 Å². The molecule has 2 N–H and O–H groups in total. The monoisotopic (exact) mass is 256 g/mol. The Balaban J connectivity index is 2.26. The van der Waals surface area contributed by atoms with Crippen molar-refractivity contribution in [2.45, 2.75) is 58.5 Å². The predicted molar refractivity (Wildman–Crippen MR) is 73.5 cm³/mol. The first-order valence-corrected chi connectivity index (χ1v) is 7.38. The van der Waals surface area contributed by atoms with Crippen LogP contribution in [0.4, 0.5) is 4.79 Å². The van der Waals surface area contributed by atoms with Crippen molar-refractivity contribution in [2.24, 2.45) is 5.92 Å². The number of rotatable bonds is 6. The van der Waals surface area contributed by atoms with Crippen LogP contribution in [-0.2, 0) is 0 Å². The van der Waals surface area contributed by atoms with Gasteiger partial charge in [0.2, 0.25) is 0 Å². The molecule has 4 nitrogen and oxygen atoms in total. The molecule has 1 aliphatic heterocycles. The maximum absolute atomic E-state index is 11.9. The number of hydrogen-bond donors (Lipinski definition) is 2. The zero-order valence-electron chi connectivity index (χ0n) is 11.8. The second-order valence-electron chi connectivity index (χ2n) is 5.34. The van der Waals surface area contributed by atoms with E-state index in [1.165, 1.54) is 19.3 Å². The van der Waals surface area contributed by atoms with Crippen molar-refractivity contribution >= 4 is 6.03 Å². The lowest BCUT2D eigenvalue weighted by Gasteiger charge is -2.30. The number of urea groups is 1. The molecule has 1 rings (SSSR count). The van der Waals surface area contributed by atoms with Crippen LogP contribution in [0.1, 0.15) is 52.4 Å². The van der Waals surface area contributed by atoms with Crippen LogP contribution in [0.2, 0.25) is 0 Å². The zero-order chi connectivity index (χ0) is 13.4. The van der Waals surface area contributed by atoms with E-state index in [-0.39, 0.29) is 12.1 Å². The Hall–Kier alpha value is -0.770. The third-order valence-corrected chi connectivity index (χ3v) is 3.77. The van der Waals surface area contributed by atoms with Crippen LogP contribution in [0.5, 0.6) is 0 Å². The van der Waals surface area contributed by atoms with E-state index in [0.29, 0.717) is 12.5 Å². The van der Waals surface area contributed by atoms with Crippen molar-refractivity contribution in [1.82, 2.24) is 10.2 Å². The lowest BCUT2D eigenvalue weighted by Crippen LogP contribution is -2.48. The van der Waals surface area contributed by atoms with E-state index in [2.05, 4.69) is 19.2 Å². The number of aliphatic hydroxyl groups excluding tert-OH is 1. The van der Waals surface area contributed by atoms with Crippen LogP contribution in [0, 0.1) is 5.92 Å². The Bertz CT molecular complexity index is 246. The standard InChI is InChI=1S/C14H28N2O2/c1-3-5-7-12(4-2)10-15-14(18)16-9-6-8-13(17)11-16/h12-13,17H,3-11H2,1-2H3,(H,15,18)/t12-,13+/m1/s1. The molecule has 0 aromatic carbocycles. The van der Waals surface area contributed by atoms with Crippen molar-refractivity contribution in [3.8, 4) is 0 Å². The number of piperidine rings is 1. The van der Waals surface area contributed by atoms with Crippen LogP contribution in [0.15, 0.2) is 0 Å². The molecule has 18 heavy (non-hydrogen) atoms. The van der Waals surface area contributed by atoms with Crippen LogP contribution >= 0.6 is 0 Å². The molecule has 1 fully saturated rings. The summed E-state index contributed by atoms with van der Waals surface area (Å²) in [4.78, 5) is 13.7. The summed E-state index contributed by atoms with van der Waals surface area (Å²) in [5.41, 5.74) is 0. The van der Waals surface area contributed by atoms with Crippen LogP contribution in [-0.4, -0.2) is 41.8 Å². The first-order valence-electron chi connectivity index (χ1n) is 7.38. The second-order valence-corrected chi connectivity index (χ2v) is 5.34. The Morgan fingerprint density at radius 2 is 2.28 bits per heavy atom. The fraction of sp³-hybridized carbons (Fsp3) is 0.929. The SMILES string of the molecule is CCCC[C@@H](CC)CNC(=O)N1CCC[C@H](O)C1. The highest BCUT2D eigenvalue weighted by atomic mass is 16.3. The van der Waals surface area contributed by atoms with Gasteiger partial charge in [0.15, 0.2) is 0 Å². The van der Waals surface area contributed by atoms with E-state index in [9.17, 15) is 9.90 Å². The van der Waals surface area contributed by atoms with Crippen molar-refractivity contribution in [1.29, 1.82) is 0 Å². The van der Waals surface area contributed by atoms with Gasteiger partial charge in [0.1, 0.15) is 0 Å². The molecule has 1 aliphatic rings. The highest BCUT2D eigenvalue weighted by Crippen LogP contribution is 2.13. The number of likely N-dealkylation sites (tertiary alicyclic amines) is 1. The van der Waals surface area contributed by atoms with Crippen molar-refractivity contribution in [3.63, 3.8) is 0 Å². The van der Waals surface area contributed by atoms with Gasteiger partial charge >= 0.3 is 6.03 Å². The maximum atomic E-state index is 11.9. The third kappa shape index (κ3) is 5.25. The molecule has 4 heteroatoms. The number of amides is 2. The topological polar surface area (TPSA) is 52.6 Å². The summed E-state index contributed by atoms with van der Waals surface area (Å²) in [6.07, 6.45) is 6.13. The minimum Gasteiger partial charge on any atom is -0.391 e. The molecule has 0 saturated carbocycles. The average molecular weight is 256 g/mol.